The molecule has 0 fully saturated rings. The molecule has 5 nitrogen and oxygen atoms in total. The van der Waals surface area contributed by atoms with Gasteiger partial charge in [-0.1, -0.05) is 25.4 Å². The van der Waals surface area contributed by atoms with Crippen LogP contribution in [0, 0.1) is 11.3 Å². The van der Waals surface area contributed by atoms with Crippen LogP contribution in [0.3, 0.4) is 0 Å². The summed E-state index contributed by atoms with van der Waals surface area (Å²) in [4.78, 5) is 0. The lowest BCUT2D eigenvalue weighted by Crippen LogP contribution is -2.25. The Kier molecular flexibility index (Phi) is 9.58. The van der Waals surface area contributed by atoms with Gasteiger partial charge in [-0.2, -0.15) is 5.10 Å². The normalized spacial score (nSPS) is 10.5. The molecule has 0 aliphatic carbocycles. The minimum absolute atomic E-state index is 0. The van der Waals surface area contributed by atoms with E-state index in [0.717, 1.165) is 18.4 Å². The summed E-state index contributed by atoms with van der Waals surface area (Å²) in [6.07, 6.45) is 3.69. The molecule has 118 valence electrons. The summed E-state index contributed by atoms with van der Waals surface area (Å²) in [6, 6.07) is 5.41. The summed E-state index contributed by atoms with van der Waals surface area (Å²) in [7, 11) is 0. The van der Waals surface area contributed by atoms with Gasteiger partial charge in [-0.05, 0) is 42.5 Å². The molecule has 1 aromatic rings. The van der Waals surface area contributed by atoms with Gasteiger partial charge in [0, 0.05) is 0 Å². The van der Waals surface area contributed by atoms with Crippen molar-refractivity contribution < 1.29 is 4.74 Å². The first-order valence-electron chi connectivity index (χ1n) is 6.54. The molecule has 21 heavy (non-hydrogen) atoms. The summed E-state index contributed by atoms with van der Waals surface area (Å²) >= 11 is 6.14. The van der Waals surface area contributed by atoms with E-state index in [1.165, 1.54) is 6.21 Å². The summed E-state index contributed by atoms with van der Waals surface area (Å²) in [5.41, 5.74) is 8.25. The molecule has 1 rings (SSSR count). The second kappa shape index (κ2) is 10.3. The molecule has 0 unspecified atom stereocenters. The van der Waals surface area contributed by atoms with E-state index >= 15 is 0 Å². The predicted octanol–water partition coefficient (Wildman–Crippen LogP) is 3.39. The standard InChI is InChI=1S/C14H21ClN4O.ClH/c1-10(2)4-3-7-20-13-6-5-11(8-12(13)15)9-18-19-14(16)17;/h5-6,8-10H,3-4,7H2,1-2H3,(H4,16,17,19);1H. The van der Waals surface area contributed by atoms with Crippen molar-refractivity contribution in [1.82, 2.24) is 5.43 Å². The lowest BCUT2D eigenvalue weighted by atomic mass is 10.1. The Hall–Kier alpha value is -1.46. The van der Waals surface area contributed by atoms with E-state index in [1.807, 2.05) is 12.1 Å². The Morgan fingerprint density at radius 2 is 2.24 bits per heavy atom. The van der Waals surface area contributed by atoms with E-state index in [4.69, 9.17) is 27.5 Å². The molecule has 0 amide bonds. The van der Waals surface area contributed by atoms with Gasteiger partial charge in [0.05, 0.1) is 17.8 Å². The lowest BCUT2D eigenvalue weighted by Gasteiger charge is -2.09. The van der Waals surface area contributed by atoms with Crippen molar-refractivity contribution in [2.45, 2.75) is 26.7 Å². The zero-order chi connectivity index (χ0) is 15.0. The van der Waals surface area contributed by atoms with Crippen LogP contribution in [-0.4, -0.2) is 18.8 Å². The molecule has 1 aromatic carbocycles. The highest BCUT2D eigenvalue weighted by Crippen LogP contribution is 2.25. The van der Waals surface area contributed by atoms with Crippen molar-refractivity contribution in [2.24, 2.45) is 16.8 Å². The number of nitrogens with zero attached hydrogens (tertiary/aromatic N) is 1. The van der Waals surface area contributed by atoms with Gasteiger partial charge in [0.2, 0.25) is 5.96 Å². The molecule has 0 saturated heterocycles. The molecule has 0 aliphatic rings. The van der Waals surface area contributed by atoms with Crippen molar-refractivity contribution in [1.29, 1.82) is 5.41 Å². The fourth-order valence-corrected chi connectivity index (χ4v) is 1.81. The lowest BCUT2D eigenvalue weighted by molar-refractivity contribution is 0.298. The highest BCUT2D eigenvalue weighted by atomic mass is 35.5. The zero-order valence-electron chi connectivity index (χ0n) is 12.2. The third-order valence-electron chi connectivity index (χ3n) is 2.54. The Morgan fingerprint density at radius 3 is 2.81 bits per heavy atom. The molecule has 0 atom stereocenters. The number of rotatable bonds is 7. The number of hydrazone groups is 1. The topological polar surface area (TPSA) is 83.5 Å². The molecule has 0 bridgehead atoms. The highest BCUT2D eigenvalue weighted by molar-refractivity contribution is 6.32. The Balaban J connectivity index is 0.00000400. The van der Waals surface area contributed by atoms with Crippen LogP contribution in [0.2, 0.25) is 5.02 Å². The first-order chi connectivity index (χ1) is 9.49. The molecule has 0 heterocycles. The van der Waals surface area contributed by atoms with Crippen molar-refractivity contribution in [3.8, 4) is 5.75 Å². The van der Waals surface area contributed by atoms with Crippen molar-refractivity contribution in [3.05, 3.63) is 28.8 Å². The van der Waals surface area contributed by atoms with E-state index in [2.05, 4.69) is 24.4 Å². The number of hydrogen-bond acceptors (Lipinski definition) is 3. The van der Waals surface area contributed by atoms with Gasteiger partial charge in [-0.3, -0.25) is 5.41 Å². The maximum Gasteiger partial charge on any atom is 0.206 e. The second-order valence-corrected chi connectivity index (χ2v) is 5.27. The summed E-state index contributed by atoms with van der Waals surface area (Å²) in [6.45, 7) is 5.05. The van der Waals surface area contributed by atoms with Crippen LogP contribution in [0.25, 0.3) is 0 Å². The van der Waals surface area contributed by atoms with Gasteiger partial charge in [0.15, 0.2) is 0 Å². The van der Waals surface area contributed by atoms with Gasteiger partial charge in [-0.15, -0.1) is 12.4 Å². The van der Waals surface area contributed by atoms with Crippen LogP contribution in [-0.2, 0) is 0 Å². The maximum absolute atomic E-state index is 6.97. The number of benzene rings is 1. The molecule has 0 spiro atoms. The molecule has 0 radical (unpaired) electrons. The zero-order valence-corrected chi connectivity index (χ0v) is 13.8. The van der Waals surface area contributed by atoms with Crippen LogP contribution in [0.4, 0.5) is 0 Å². The molecule has 0 aromatic heterocycles. The van der Waals surface area contributed by atoms with Crippen LogP contribution in [0.15, 0.2) is 23.3 Å². The molecular weight excluding hydrogens is 311 g/mol. The maximum atomic E-state index is 6.97. The smallest absolute Gasteiger partial charge is 0.206 e. The highest BCUT2D eigenvalue weighted by Gasteiger charge is 2.03. The van der Waals surface area contributed by atoms with Crippen LogP contribution >= 0.6 is 24.0 Å². The third-order valence-corrected chi connectivity index (χ3v) is 2.83. The van der Waals surface area contributed by atoms with Gasteiger partial charge in [-0.25, -0.2) is 5.43 Å². The summed E-state index contributed by atoms with van der Waals surface area (Å²) < 4.78 is 5.64. The van der Waals surface area contributed by atoms with E-state index < -0.39 is 0 Å². The van der Waals surface area contributed by atoms with Crippen LogP contribution < -0.4 is 15.9 Å². The quantitative estimate of drug-likeness (QED) is 0.309. The summed E-state index contributed by atoms with van der Waals surface area (Å²) in [5, 5.41) is 11.3. The molecule has 7 heteroatoms. The van der Waals surface area contributed by atoms with Crippen molar-refractivity contribution >= 4 is 36.2 Å². The van der Waals surface area contributed by atoms with E-state index in [-0.39, 0.29) is 18.4 Å². The average Bonchev–Trinajstić information content (AvgIpc) is 2.36. The Bertz CT molecular complexity index is 478. The first kappa shape index (κ1) is 19.5. The van der Waals surface area contributed by atoms with Gasteiger partial charge >= 0.3 is 0 Å². The minimum Gasteiger partial charge on any atom is -0.492 e. The second-order valence-electron chi connectivity index (χ2n) is 4.86. The van der Waals surface area contributed by atoms with Crippen LogP contribution in [0.5, 0.6) is 5.75 Å². The number of hydrogen-bond donors (Lipinski definition) is 3. The van der Waals surface area contributed by atoms with Crippen LogP contribution in [0.1, 0.15) is 32.3 Å². The Labute approximate surface area is 136 Å². The fourth-order valence-electron chi connectivity index (χ4n) is 1.56. The Morgan fingerprint density at radius 1 is 1.52 bits per heavy atom. The summed E-state index contributed by atoms with van der Waals surface area (Å²) in [5.74, 6) is 1.14. The van der Waals surface area contributed by atoms with Gasteiger partial charge in [0.25, 0.3) is 0 Å². The number of nitrogens with two attached hydrogens (primary N) is 1. The average molecular weight is 333 g/mol. The van der Waals surface area contributed by atoms with E-state index in [0.29, 0.717) is 23.3 Å². The van der Waals surface area contributed by atoms with Gasteiger partial charge < -0.3 is 10.5 Å². The number of nitrogens with one attached hydrogen (secondary N) is 2. The van der Waals surface area contributed by atoms with Gasteiger partial charge in [0.1, 0.15) is 5.75 Å². The number of ether oxygens (including phenoxy) is 1. The first-order valence-corrected chi connectivity index (χ1v) is 6.92. The minimum atomic E-state index is -0.211. The van der Waals surface area contributed by atoms with Crippen molar-refractivity contribution in [2.75, 3.05) is 6.61 Å². The molecular formula is C14H22Cl2N4O. The fraction of sp³-hybridized carbons (Fsp3) is 0.429. The predicted molar refractivity (Wildman–Crippen MR) is 90.9 cm³/mol. The SMILES string of the molecule is CC(C)CCCOc1ccc(C=NNC(=N)N)cc1Cl.Cl. The number of guanidine groups is 1. The largest absolute Gasteiger partial charge is 0.492 e. The van der Waals surface area contributed by atoms with E-state index in [1.54, 1.807) is 6.07 Å². The number of halogens is 2. The molecule has 0 saturated carbocycles. The monoisotopic (exact) mass is 332 g/mol. The third kappa shape index (κ3) is 8.42. The van der Waals surface area contributed by atoms with E-state index in [9.17, 15) is 0 Å². The van der Waals surface area contributed by atoms with Crippen molar-refractivity contribution in [3.63, 3.8) is 0 Å². The molecule has 4 N–H and O–H groups in total. The molecule has 0 aliphatic heterocycles.